The molecule has 2 saturated heterocycles. The predicted octanol–water partition coefficient (Wildman–Crippen LogP) is 3.48. The Morgan fingerprint density at radius 3 is 2.44 bits per heavy atom. The number of nitrogens with one attached hydrogen (secondary N) is 1. The molecule has 2 aliphatic rings. The molecule has 2 atom stereocenters. The Kier molecular flexibility index (Phi) is 6.14. The van der Waals surface area contributed by atoms with Gasteiger partial charge in [-0.05, 0) is 42.0 Å². The molecule has 0 aliphatic carbocycles. The molecule has 2 aliphatic heterocycles. The van der Waals surface area contributed by atoms with E-state index in [9.17, 15) is 9.90 Å². The lowest BCUT2D eigenvalue weighted by molar-refractivity contribution is 0.0423. The van der Waals surface area contributed by atoms with Gasteiger partial charge in [0, 0.05) is 66.8 Å². The van der Waals surface area contributed by atoms with Crippen molar-refractivity contribution in [3.05, 3.63) is 69.8 Å². The molecule has 1 amide bonds. The molecule has 1 aromatic heterocycles. The molecule has 8 heteroatoms. The van der Waals surface area contributed by atoms with Gasteiger partial charge in [0.1, 0.15) is 5.69 Å². The normalized spacial score (nSPS) is 22.7. The Morgan fingerprint density at radius 2 is 1.69 bits per heavy atom. The summed E-state index contributed by atoms with van der Waals surface area (Å²) in [6.07, 6.45) is -0.541. The first kappa shape index (κ1) is 21.7. The van der Waals surface area contributed by atoms with Gasteiger partial charge >= 0.3 is 0 Å². The van der Waals surface area contributed by atoms with Gasteiger partial charge in [0.05, 0.1) is 12.1 Å². The summed E-state index contributed by atoms with van der Waals surface area (Å²) in [5, 5.41) is 13.0. The molecule has 168 valence electrons. The first-order valence-electron chi connectivity index (χ1n) is 10.9. The zero-order valence-electron chi connectivity index (χ0n) is 17.7. The lowest BCUT2D eigenvalue weighted by atomic mass is 10.1. The van der Waals surface area contributed by atoms with Crippen LogP contribution < -0.4 is 0 Å². The van der Waals surface area contributed by atoms with Crippen LogP contribution in [0.1, 0.15) is 16.1 Å². The number of hydrogen-bond donors (Lipinski definition) is 2. The van der Waals surface area contributed by atoms with Gasteiger partial charge in [-0.1, -0.05) is 35.3 Å². The van der Waals surface area contributed by atoms with Crippen molar-refractivity contribution in [3.63, 3.8) is 0 Å². The number of fused-ring (bicyclic) bond motifs is 1. The third-order valence-corrected chi connectivity index (χ3v) is 7.04. The number of piperazine rings is 1. The van der Waals surface area contributed by atoms with Crippen molar-refractivity contribution in [1.29, 1.82) is 0 Å². The molecule has 2 aromatic carbocycles. The molecular weight excluding hydrogens is 447 g/mol. The van der Waals surface area contributed by atoms with Crippen molar-refractivity contribution in [2.45, 2.75) is 18.7 Å². The van der Waals surface area contributed by atoms with E-state index in [1.807, 2.05) is 30.3 Å². The summed E-state index contributed by atoms with van der Waals surface area (Å²) in [4.78, 5) is 22.7. The minimum atomic E-state index is -0.541. The quantitative estimate of drug-likeness (QED) is 0.609. The van der Waals surface area contributed by atoms with Crippen molar-refractivity contribution in [1.82, 2.24) is 19.7 Å². The van der Waals surface area contributed by atoms with Crippen LogP contribution in [0.3, 0.4) is 0 Å². The van der Waals surface area contributed by atoms with Gasteiger partial charge in [-0.2, -0.15) is 0 Å². The highest BCUT2D eigenvalue weighted by Gasteiger charge is 2.39. The number of nitrogens with zero attached hydrogens (tertiary/aromatic N) is 3. The lowest BCUT2D eigenvalue weighted by Crippen LogP contribution is -2.53. The summed E-state index contributed by atoms with van der Waals surface area (Å²) >= 11 is 12.0. The van der Waals surface area contributed by atoms with E-state index in [2.05, 4.69) is 26.9 Å². The van der Waals surface area contributed by atoms with E-state index in [-0.39, 0.29) is 11.9 Å². The predicted molar refractivity (Wildman–Crippen MR) is 127 cm³/mol. The zero-order valence-corrected chi connectivity index (χ0v) is 19.2. The molecule has 0 radical (unpaired) electrons. The first-order chi connectivity index (χ1) is 15.5. The Balaban J connectivity index is 1.19. The Bertz CT molecular complexity index is 1110. The number of aromatic amines is 1. The van der Waals surface area contributed by atoms with Crippen molar-refractivity contribution < 1.29 is 9.90 Å². The number of rotatable bonds is 4. The fraction of sp³-hybridized carbons (Fsp3) is 0.375. The molecule has 0 bridgehead atoms. The van der Waals surface area contributed by atoms with Crippen molar-refractivity contribution in [2.24, 2.45) is 0 Å². The summed E-state index contributed by atoms with van der Waals surface area (Å²) in [7, 11) is 0. The highest BCUT2D eigenvalue weighted by molar-refractivity contribution is 6.31. The van der Waals surface area contributed by atoms with Crippen LogP contribution in [-0.2, 0) is 6.54 Å². The fourth-order valence-electron chi connectivity index (χ4n) is 4.78. The maximum Gasteiger partial charge on any atom is 0.270 e. The molecule has 6 nitrogen and oxygen atoms in total. The number of carbonyl (C=O) groups excluding carboxylic acids is 1. The average Bonchev–Trinajstić information content (AvgIpc) is 3.38. The smallest absolute Gasteiger partial charge is 0.270 e. The van der Waals surface area contributed by atoms with E-state index in [4.69, 9.17) is 23.2 Å². The third kappa shape index (κ3) is 4.51. The summed E-state index contributed by atoms with van der Waals surface area (Å²) in [5.74, 6) is -0.0831. The molecule has 3 heterocycles. The molecule has 2 fully saturated rings. The number of aromatic nitrogens is 1. The van der Waals surface area contributed by atoms with Crippen molar-refractivity contribution >= 4 is 40.0 Å². The van der Waals surface area contributed by atoms with Crippen LogP contribution in [0.25, 0.3) is 10.9 Å². The molecule has 0 unspecified atom stereocenters. The number of amides is 1. The molecular formula is C24H26Cl2N4O2. The minimum Gasteiger partial charge on any atom is -0.390 e. The van der Waals surface area contributed by atoms with Gasteiger partial charge in [0.15, 0.2) is 0 Å². The van der Waals surface area contributed by atoms with Crippen LogP contribution in [0.4, 0.5) is 0 Å². The highest BCUT2D eigenvalue weighted by atomic mass is 35.5. The lowest BCUT2D eigenvalue weighted by Gasteiger charge is -2.38. The molecule has 32 heavy (non-hydrogen) atoms. The van der Waals surface area contributed by atoms with E-state index in [1.54, 1.807) is 11.0 Å². The van der Waals surface area contributed by atoms with Crippen molar-refractivity contribution in [2.75, 3.05) is 39.3 Å². The second-order valence-corrected chi connectivity index (χ2v) is 9.57. The second kappa shape index (κ2) is 9.04. The number of hydrogen-bond acceptors (Lipinski definition) is 4. The van der Waals surface area contributed by atoms with Crippen LogP contribution in [0.15, 0.2) is 48.5 Å². The SMILES string of the molecule is O=C(c1cc2cc(Cl)ccc2[nH]1)N1C[C@@H](O)[C@H](N2CCN(Cc3ccc(Cl)cc3)CC2)C1. The summed E-state index contributed by atoms with van der Waals surface area (Å²) in [6.45, 7) is 5.40. The standard InChI is InChI=1S/C24H26Cl2N4O2/c25-18-3-1-16(2-4-18)13-28-7-9-29(10-8-28)22-14-30(15-23(22)31)24(32)21-12-17-11-19(26)5-6-20(17)27-21/h1-6,11-12,22-23,27,31H,7-10,13-15H2/t22-,23-/m1/s1. The molecule has 3 aromatic rings. The van der Waals surface area contributed by atoms with E-state index in [0.717, 1.165) is 48.6 Å². The average molecular weight is 473 g/mol. The maximum atomic E-state index is 13.1. The zero-order chi connectivity index (χ0) is 22.2. The number of halogens is 2. The van der Waals surface area contributed by atoms with E-state index in [0.29, 0.717) is 23.8 Å². The summed E-state index contributed by atoms with van der Waals surface area (Å²) < 4.78 is 0. The number of likely N-dealkylation sites (tertiary alicyclic amines) is 1. The number of aliphatic hydroxyl groups is 1. The monoisotopic (exact) mass is 472 g/mol. The molecule has 2 N–H and O–H groups in total. The molecule has 0 saturated carbocycles. The van der Waals surface area contributed by atoms with E-state index in [1.165, 1.54) is 5.56 Å². The molecule has 0 spiro atoms. The third-order valence-electron chi connectivity index (χ3n) is 6.55. The second-order valence-electron chi connectivity index (χ2n) is 8.70. The van der Waals surface area contributed by atoms with Crippen LogP contribution in [0, 0.1) is 0 Å². The Labute approximate surface area is 197 Å². The minimum absolute atomic E-state index is 0.0320. The topological polar surface area (TPSA) is 62.8 Å². The molecule has 5 rings (SSSR count). The van der Waals surface area contributed by atoms with Gasteiger partial charge in [-0.25, -0.2) is 0 Å². The van der Waals surface area contributed by atoms with Gasteiger partial charge in [0.25, 0.3) is 5.91 Å². The first-order valence-corrected chi connectivity index (χ1v) is 11.7. The number of H-pyrrole nitrogens is 1. The Morgan fingerprint density at radius 1 is 0.969 bits per heavy atom. The Hall–Kier alpha value is -2.09. The summed E-state index contributed by atoms with van der Waals surface area (Å²) in [5.41, 5.74) is 2.66. The van der Waals surface area contributed by atoms with Gasteiger partial charge in [-0.3, -0.25) is 14.6 Å². The number of β-amino-alcohol motifs (C(OH)–C–C–N with tert-alkyl or cyclic N) is 1. The van der Waals surface area contributed by atoms with Crippen LogP contribution in [-0.4, -0.2) is 82.1 Å². The van der Waals surface area contributed by atoms with Gasteiger partial charge in [0.2, 0.25) is 0 Å². The highest BCUT2D eigenvalue weighted by Crippen LogP contribution is 2.24. The van der Waals surface area contributed by atoms with Gasteiger partial charge < -0.3 is 15.0 Å². The number of aliphatic hydroxyl groups excluding tert-OH is 1. The fourth-order valence-corrected chi connectivity index (χ4v) is 5.09. The van der Waals surface area contributed by atoms with Crippen LogP contribution >= 0.6 is 23.2 Å². The number of benzene rings is 2. The van der Waals surface area contributed by atoms with E-state index >= 15 is 0 Å². The number of carbonyl (C=O) groups is 1. The van der Waals surface area contributed by atoms with Crippen LogP contribution in [0.5, 0.6) is 0 Å². The largest absolute Gasteiger partial charge is 0.390 e. The van der Waals surface area contributed by atoms with Crippen LogP contribution in [0.2, 0.25) is 10.0 Å². The van der Waals surface area contributed by atoms with Gasteiger partial charge in [-0.15, -0.1) is 0 Å². The van der Waals surface area contributed by atoms with E-state index < -0.39 is 6.10 Å². The maximum absolute atomic E-state index is 13.1. The summed E-state index contributed by atoms with van der Waals surface area (Å²) in [6, 6.07) is 15.3. The van der Waals surface area contributed by atoms with Crippen molar-refractivity contribution in [3.8, 4) is 0 Å².